The van der Waals surface area contributed by atoms with E-state index in [1.54, 1.807) is 29.2 Å². The number of hydrogen-bond donors (Lipinski definition) is 1. The van der Waals surface area contributed by atoms with E-state index >= 15 is 0 Å². The number of ether oxygens (including phenoxy) is 1. The topological polar surface area (TPSA) is 105 Å². The molecule has 3 amide bonds. The maximum atomic E-state index is 13.3. The molecule has 9 heteroatoms. The number of likely N-dealkylation sites (tertiary alicyclic amines) is 1. The van der Waals surface area contributed by atoms with Crippen molar-refractivity contribution in [3.05, 3.63) is 48.3 Å². The molecular weight excluding hydrogens is 390 g/mol. The molecule has 0 saturated carbocycles. The smallest absolute Gasteiger partial charge is 0.292 e. The molecule has 2 aliphatic rings. The summed E-state index contributed by atoms with van der Waals surface area (Å²) in [4.78, 5) is 41.6. The second-order valence-electron chi connectivity index (χ2n) is 7.46. The van der Waals surface area contributed by atoms with Crippen molar-refractivity contribution >= 4 is 17.7 Å². The number of nitrogens with zero attached hydrogens (tertiary/aromatic N) is 2. The van der Waals surface area contributed by atoms with Crippen LogP contribution in [0.15, 0.2) is 45.6 Å². The van der Waals surface area contributed by atoms with Crippen LogP contribution in [-0.4, -0.2) is 59.0 Å². The minimum Gasteiger partial charge on any atom is -0.467 e. The number of hydrogen-bond acceptors (Lipinski definition) is 6. The molecule has 0 bridgehead atoms. The van der Waals surface area contributed by atoms with Gasteiger partial charge >= 0.3 is 0 Å². The number of rotatable bonds is 5. The predicted molar refractivity (Wildman–Crippen MR) is 104 cm³/mol. The summed E-state index contributed by atoms with van der Waals surface area (Å²) in [5, 5.41) is 2.81. The number of carbonyl (C=O) groups excluding carboxylic acids is 3. The molecule has 0 aromatic carbocycles. The fourth-order valence-corrected chi connectivity index (χ4v) is 4.12. The molecule has 1 unspecified atom stereocenters. The zero-order valence-corrected chi connectivity index (χ0v) is 16.8. The first-order chi connectivity index (χ1) is 14.5. The Bertz CT molecular complexity index is 884. The molecule has 0 aliphatic carbocycles. The van der Waals surface area contributed by atoms with E-state index in [4.69, 9.17) is 13.6 Å². The summed E-state index contributed by atoms with van der Waals surface area (Å²) in [6, 6.07) is 5.91. The van der Waals surface area contributed by atoms with E-state index < -0.39 is 17.7 Å². The minimum absolute atomic E-state index is 0.0690. The lowest BCUT2D eigenvalue weighted by Gasteiger charge is -2.44. The Hall–Kier alpha value is -3.07. The lowest BCUT2D eigenvalue weighted by atomic mass is 9.97. The Morgan fingerprint density at radius 2 is 1.87 bits per heavy atom. The number of furan rings is 2. The molecular formula is C21H25N3O6. The highest BCUT2D eigenvalue weighted by Gasteiger charge is 2.54. The molecule has 2 aromatic rings. The largest absolute Gasteiger partial charge is 0.467 e. The average molecular weight is 415 g/mol. The summed E-state index contributed by atoms with van der Waals surface area (Å²) in [7, 11) is 0. The van der Waals surface area contributed by atoms with Crippen LogP contribution in [0.2, 0.25) is 0 Å². The van der Waals surface area contributed by atoms with Gasteiger partial charge in [-0.3, -0.25) is 19.3 Å². The van der Waals surface area contributed by atoms with Crippen LogP contribution in [0.4, 0.5) is 0 Å². The lowest BCUT2D eigenvalue weighted by Crippen LogP contribution is -2.59. The minimum atomic E-state index is -0.943. The van der Waals surface area contributed by atoms with Gasteiger partial charge in [0.25, 0.3) is 5.91 Å². The molecule has 1 N–H and O–H groups in total. The first kappa shape index (κ1) is 20.2. The molecule has 4 rings (SSSR count). The molecule has 2 aliphatic heterocycles. The van der Waals surface area contributed by atoms with Gasteiger partial charge in [-0.1, -0.05) is 6.92 Å². The van der Waals surface area contributed by atoms with Crippen LogP contribution in [0, 0.1) is 0 Å². The number of nitrogens with one attached hydrogen (secondary N) is 1. The Kier molecular flexibility index (Phi) is 5.63. The second-order valence-corrected chi connectivity index (χ2v) is 7.46. The van der Waals surface area contributed by atoms with Gasteiger partial charge in [0.05, 0.1) is 25.7 Å². The molecule has 2 aromatic heterocycles. The van der Waals surface area contributed by atoms with Gasteiger partial charge < -0.3 is 23.8 Å². The van der Waals surface area contributed by atoms with Gasteiger partial charge in [-0.15, -0.1) is 0 Å². The van der Waals surface area contributed by atoms with E-state index in [-0.39, 0.29) is 30.7 Å². The Morgan fingerprint density at radius 3 is 2.50 bits per heavy atom. The fourth-order valence-electron chi connectivity index (χ4n) is 4.12. The van der Waals surface area contributed by atoms with Crippen molar-refractivity contribution in [2.45, 2.75) is 44.5 Å². The van der Waals surface area contributed by atoms with E-state index in [0.29, 0.717) is 38.1 Å². The summed E-state index contributed by atoms with van der Waals surface area (Å²) in [6.45, 7) is 3.06. The fraction of sp³-hybridized carbons (Fsp3) is 0.476. The van der Waals surface area contributed by atoms with Gasteiger partial charge in [-0.05, 0) is 24.3 Å². The van der Waals surface area contributed by atoms with Gasteiger partial charge in [-0.2, -0.15) is 0 Å². The van der Waals surface area contributed by atoms with E-state index in [1.165, 1.54) is 17.4 Å². The van der Waals surface area contributed by atoms with Crippen molar-refractivity contribution < 1.29 is 28.0 Å². The summed E-state index contributed by atoms with van der Waals surface area (Å²) < 4.78 is 16.6. The summed E-state index contributed by atoms with van der Waals surface area (Å²) >= 11 is 0. The highest BCUT2D eigenvalue weighted by atomic mass is 16.5. The van der Waals surface area contributed by atoms with Crippen LogP contribution in [0.5, 0.6) is 0 Å². The highest BCUT2D eigenvalue weighted by Crippen LogP contribution is 2.38. The Balaban J connectivity index is 1.54. The van der Waals surface area contributed by atoms with Crippen molar-refractivity contribution in [3.63, 3.8) is 0 Å². The van der Waals surface area contributed by atoms with Crippen molar-refractivity contribution in [3.8, 4) is 0 Å². The predicted octanol–water partition coefficient (Wildman–Crippen LogP) is 1.76. The maximum absolute atomic E-state index is 13.3. The Morgan fingerprint density at radius 1 is 1.13 bits per heavy atom. The monoisotopic (exact) mass is 415 g/mol. The molecule has 30 heavy (non-hydrogen) atoms. The van der Waals surface area contributed by atoms with Crippen molar-refractivity contribution in [2.24, 2.45) is 0 Å². The zero-order chi connectivity index (χ0) is 21.1. The summed E-state index contributed by atoms with van der Waals surface area (Å²) in [5.41, 5.74) is -0.943. The molecule has 4 heterocycles. The van der Waals surface area contributed by atoms with Crippen LogP contribution in [-0.2, 0) is 20.9 Å². The van der Waals surface area contributed by atoms with Gasteiger partial charge in [0.2, 0.25) is 11.8 Å². The van der Waals surface area contributed by atoms with Gasteiger partial charge in [0.15, 0.2) is 5.76 Å². The van der Waals surface area contributed by atoms with Gasteiger partial charge in [0.1, 0.15) is 17.5 Å². The zero-order valence-electron chi connectivity index (χ0n) is 16.8. The Labute approximate surface area is 173 Å². The second kappa shape index (κ2) is 8.35. The van der Waals surface area contributed by atoms with E-state index in [9.17, 15) is 14.4 Å². The molecule has 2 fully saturated rings. The van der Waals surface area contributed by atoms with Gasteiger partial charge in [-0.25, -0.2) is 0 Å². The first-order valence-corrected chi connectivity index (χ1v) is 10.1. The number of carbonyl (C=O) groups is 3. The standard InChI is InChI=1S/C21H25N3O6/c1-2-18(25)23-9-7-21(8-10-23)24(20(27)17-6-4-12-29-17)16(14-30-21)19(26)22-13-15-5-3-11-28-15/h3-6,11-12,16H,2,7-10,13-14H2,1H3,(H,22,26). The first-order valence-electron chi connectivity index (χ1n) is 10.1. The number of piperidine rings is 1. The summed E-state index contributed by atoms with van der Waals surface area (Å²) in [5.74, 6) is 0.115. The van der Waals surface area contributed by atoms with Crippen LogP contribution in [0.1, 0.15) is 42.5 Å². The van der Waals surface area contributed by atoms with E-state index in [0.717, 1.165) is 0 Å². The van der Waals surface area contributed by atoms with Crippen molar-refractivity contribution in [1.29, 1.82) is 0 Å². The number of amides is 3. The maximum Gasteiger partial charge on any atom is 0.292 e. The lowest BCUT2D eigenvalue weighted by molar-refractivity contribution is -0.143. The molecule has 0 radical (unpaired) electrons. The van der Waals surface area contributed by atoms with Crippen LogP contribution in [0.3, 0.4) is 0 Å². The van der Waals surface area contributed by atoms with Crippen LogP contribution < -0.4 is 5.32 Å². The molecule has 1 spiro atoms. The van der Waals surface area contributed by atoms with E-state index in [2.05, 4.69) is 5.32 Å². The molecule has 2 saturated heterocycles. The normalized spacial score (nSPS) is 20.5. The molecule has 160 valence electrons. The third-order valence-corrected chi connectivity index (χ3v) is 5.73. The quantitative estimate of drug-likeness (QED) is 0.798. The SMILES string of the molecule is CCC(=O)N1CCC2(CC1)OCC(C(=O)NCc1ccco1)N2C(=O)c1ccco1. The molecule has 1 atom stereocenters. The van der Waals surface area contributed by atoms with Crippen LogP contribution >= 0.6 is 0 Å². The van der Waals surface area contributed by atoms with Gasteiger partial charge in [0, 0.05) is 32.4 Å². The van der Waals surface area contributed by atoms with Crippen molar-refractivity contribution in [2.75, 3.05) is 19.7 Å². The van der Waals surface area contributed by atoms with Crippen LogP contribution in [0.25, 0.3) is 0 Å². The third kappa shape index (κ3) is 3.72. The summed E-state index contributed by atoms with van der Waals surface area (Å²) in [6.07, 6.45) is 4.26. The average Bonchev–Trinajstić information content (AvgIpc) is 3.53. The van der Waals surface area contributed by atoms with E-state index in [1.807, 2.05) is 6.92 Å². The highest BCUT2D eigenvalue weighted by molar-refractivity contribution is 5.96. The third-order valence-electron chi connectivity index (χ3n) is 5.73. The molecule has 9 nitrogen and oxygen atoms in total. The van der Waals surface area contributed by atoms with Crippen molar-refractivity contribution in [1.82, 2.24) is 15.1 Å².